The Kier molecular flexibility index (Phi) is 4.70. The van der Waals surface area contributed by atoms with Crippen molar-refractivity contribution >= 4 is 0 Å². The Balaban J connectivity index is 2.29. The van der Waals surface area contributed by atoms with Gasteiger partial charge >= 0.3 is 6.01 Å². The van der Waals surface area contributed by atoms with Crippen LogP contribution in [-0.4, -0.2) is 29.4 Å². The van der Waals surface area contributed by atoms with Crippen molar-refractivity contribution in [3.05, 3.63) is 35.9 Å². The molecule has 106 valence electrons. The smallest absolute Gasteiger partial charge is 0.328 e. The van der Waals surface area contributed by atoms with Gasteiger partial charge in [0, 0.05) is 12.1 Å². The zero-order chi connectivity index (χ0) is 14.4. The van der Waals surface area contributed by atoms with Gasteiger partial charge in [-0.1, -0.05) is 18.2 Å². The second-order valence-electron chi connectivity index (χ2n) is 3.78. The Labute approximate surface area is 116 Å². The third-order valence-electron chi connectivity index (χ3n) is 2.52. The van der Waals surface area contributed by atoms with E-state index in [1.165, 1.54) is 14.2 Å². The number of hydrogen-bond donors (Lipinski definition) is 2. The highest BCUT2D eigenvalue weighted by atomic mass is 16.5. The molecule has 20 heavy (non-hydrogen) atoms. The Morgan fingerprint density at radius 3 is 2.35 bits per heavy atom. The molecule has 2 N–H and O–H groups in total. The lowest BCUT2D eigenvalue weighted by Crippen LogP contribution is -2.07. The number of ether oxygens (including phenoxy) is 3. The van der Waals surface area contributed by atoms with E-state index in [9.17, 15) is 0 Å². The highest BCUT2D eigenvalue weighted by molar-refractivity contribution is 5.35. The first-order chi connectivity index (χ1) is 9.76. The molecular formula is C13H15N3O4. The predicted molar refractivity (Wildman–Crippen MR) is 70.3 cm³/mol. The minimum Gasteiger partial charge on any atom is -0.481 e. The topological polar surface area (TPSA) is 85.7 Å². The van der Waals surface area contributed by atoms with Gasteiger partial charge in [0.2, 0.25) is 11.8 Å². The largest absolute Gasteiger partial charge is 0.481 e. The van der Waals surface area contributed by atoms with Crippen LogP contribution in [0.15, 0.2) is 30.3 Å². The van der Waals surface area contributed by atoms with Crippen LogP contribution < -0.4 is 19.7 Å². The molecule has 0 saturated heterocycles. The molecule has 7 nitrogen and oxygen atoms in total. The number of nitrogens with zero attached hydrogens (tertiary/aromatic N) is 2. The fourth-order valence-corrected chi connectivity index (χ4v) is 1.57. The van der Waals surface area contributed by atoms with Gasteiger partial charge in [0.05, 0.1) is 20.3 Å². The lowest BCUT2D eigenvalue weighted by atomic mass is 10.2. The average Bonchev–Trinajstić information content (AvgIpc) is 2.49. The summed E-state index contributed by atoms with van der Waals surface area (Å²) in [6, 6.07) is 8.87. The fraction of sp³-hybridized carbons (Fsp3) is 0.231. The zero-order valence-electron chi connectivity index (χ0n) is 11.2. The number of hydroxylamine groups is 1. The molecule has 0 radical (unpaired) electrons. The van der Waals surface area contributed by atoms with Gasteiger partial charge < -0.3 is 19.4 Å². The van der Waals surface area contributed by atoms with Crippen molar-refractivity contribution in [2.75, 3.05) is 14.2 Å². The number of methoxy groups -OCH3 is 2. The van der Waals surface area contributed by atoms with E-state index in [1.54, 1.807) is 12.1 Å². The SMILES string of the molecule is COc1cc(OC)nc(Oc2ccccc2CNO)n1. The summed E-state index contributed by atoms with van der Waals surface area (Å²) >= 11 is 0. The molecule has 0 spiro atoms. The van der Waals surface area contributed by atoms with E-state index in [1.807, 2.05) is 18.2 Å². The van der Waals surface area contributed by atoms with Crippen molar-refractivity contribution in [2.24, 2.45) is 0 Å². The second-order valence-corrected chi connectivity index (χ2v) is 3.78. The summed E-state index contributed by atoms with van der Waals surface area (Å²) in [5.74, 6) is 1.21. The van der Waals surface area contributed by atoms with E-state index < -0.39 is 0 Å². The van der Waals surface area contributed by atoms with E-state index >= 15 is 0 Å². The van der Waals surface area contributed by atoms with Crippen LogP contribution in [0, 0.1) is 0 Å². The molecule has 1 heterocycles. The van der Waals surface area contributed by atoms with Gasteiger partial charge in [-0.15, -0.1) is 0 Å². The van der Waals surface area contributed by atoms with Gasteiger partial charge in [-0.3, -0.25) is 0 Å². The third-order valence-corrected chi connectivity index (χ3v) is 2.52. The number of aromatic nitrogens is 2. The summed E-state index contributed by atoms with van der Waals surface area (Å²) in [7, 11) is 2.99. The van der Waals surface area contributed by atoms with Gasteiger partial charge in [0.15, 0.2) is 0 Å². The van der Waals surface area contributed by atoms with Crippen LogP contribution >= 0.6 is 0 Å². The number of nitrogens with one attached hydrogen (secondary N) is 1. The van der Waals surface area contributed by atoms with Crippen molar-refractivity contribution in [2.45, 2.75) is 6.54 Å². The molecule has 0 saturated carbocycles. The number of rotatable bonds is 6. The van der Waals surface area contributed by atoms with Crippen LogP contribution in [0.1, 0.15) is 5.56 Å². The molecule has 0 aliphatic rings. The number of benzene rings is 1. The van der Waals surface area contributed by atoms with Crippen molar-refractivity contribution in [3.8, 4) is 23.5 Å². The molecule has 7 heteroatoms. The summed E-state index contributed by atoms with van der Waals surface area (Å²) in [6.07, 6.45) is 0. The molecule has 0 aliphatic heterocycles. The number of para-hydroxylation sites is 1. The Morgan fingerprint density at radius 1 is 1.10 bits per heavy atom. The minimum atomic E-state index is 0.103. The Hall–Kier alpha value is -2.38. The molecule has 1 aromatic carbocycles. The minimum absolute atomic E-state index is 0.103. The quantitative estimate of drug-likeness (QED) is 0.778. The summed E-state index contributed by atoms with van der Waals surface area (Å²) < 4.78 is 15.7. The maximum atomic E-state index is 8.80. The molecule has 2 aromatic rings. The molecule has 2 rings (SSSR count). The van der Waals surface area contributed by atoms with Crippen LogP contribution in [-0.2, 0) is 6.54 Å². The van der Waals surface area contributed by atoms with Crippen molar-refractivity contribution < 1.29 is 19.4 Å². The van der Waals surface area contributed by atoms with Gasteiger partial charge in [-0.2, -0.15) is 9.97 Å². The van der Waals surface area contributed by atoms with Crippen molar-refractivity contribution in [1.82, 2.24) is 15.4 Å². The first kappa shape index (κ1) is 14.0. The van der Waals surface area contributed by atoms with Crippen LogP contribution in [0.2, 0.25) is 0 Å². The van der Waals surface area contributed by atoms with E-state index in [-0.39, 0.29) is 12.6 Å². The molecule has 0 atom stereocenters. The molecule has 0 bridgehead atoms. The van der Waals surface area contributed by atoms with E-state index in [0.717, 1.165) is 5.56 Å². The zero-order valence-corrected chi connectivity index (χ0v) is 11.2. The monoisotopic (exact) mass is 277 g/mol. The third kappa shape index (κ3) is 3.34. The molecule has 0 amide bonds. The summed E-state index contributed by atoms with van der Waals surface area (Å²) in [6.45, 7) is 0.247. The summed E-state index contributed by atoms with van der Waals surface area (Å²) in [4.78, 5) is 8.16. The molecule has 0 fully saturated rings. The lowest BCUT2D eigenvalue weighted by Gasteiger charge is -2.10. The average molecular weight is 277 g/mol. The Bertz CT molecular complexity index is 555. The standard InChI is InChI=1S/C13H15N3O4/c1-18-11-7-12(19-2)16-13(15-11)20-10-6-4-3-5-9(10)8-14-17/h3-7,14,17H,8H2,1-2H3. The predicted octanol–water partition coefficient (Wildman–Crippen LogP) is 1.76. The van der Waals surface area contributed by atoms with Crippen LogP contribution in [0.4, 0.5) is 0 Å². The maximum Gasteiger partial charge on any atom is 0.328 e. The van der Waals surface area contributed by atoms with E-state index in [4.69, 9.17) is 19.4 Å². The van der Waals surface area contributed by atoms with Crippen LogP contribution in [0.3, 0.4) is 0 Å². The summed E-state index contributed by atoms with van der Waals surface area (Å²) in [5.41, 5.74) is 2.85. The molecule has 1 aromatic heterocycles. The van der Waals surface area contributed by atoms with Crippen LogP contribution in [0.25, 0.3) is 0 Å². The normalized spacial score (nSPS) is 10.2. The maximum absolute atomic E-state index is 8.80. The fourth-order valence-electron chi connectivity index (χ4n) is 1.57. The highest BCUT2D eigenvalue weighted by Gasteiger charge is 2.10. The first-order valence-electron chi connectivity index (χ1n) is 5.86. The van der Waals surface area contributed by atoms with E-state index in [0.29, 0.717) is 17.5 Å². The highest BCUT2D eigenvalue weighted by Crippen LogP contribution is 2.26. The second kappa shape index (κ2) is 6.69. The molecule has 0 unspecified atom stereocenters. The van der Waals surface area contributed by atoms with Gasteiger partial charge in [0.25, 0.3) is 0 Å². The van der Waals surface area contributed by atoms with Crippen LogP contribution in [0.5, 0.6) is 23.5 Å². The van der Waals surface area contributed by atoms with Gasteiger partial charge in [-0.25, -0.2) is 5.48 Å². The van der Waals surface area contributed by atoms with Gasteiger partial charge in [0.1, 0.15) is 5.75 Å². The molecular weight excluding hydrogens is 262 g/mol. The van der Waals surface area contributed by atoms with Crippen molar-refractivity contribution in [3.63, 3.8) is 0 Å². The Morgan fingerprint density at radius 2 is 1.75 bits per heavy atom. The van der Waals surface area contributed by atoms with Crippen molar-refractivity contribution in [1.29, 1.82) is 0 Å². The lowest BCUT2D eigenvalue weighted by molar-refractivity contribution is 0.160. The number of hydrogen-bond acceptors (Lipinski definition) is 7. The molecule has 0 aliphatic carbocycles. The summed E-state index contributed by atoms with van der Waals surface area (Å²) in [5, 5.41) is 8.80. The first-order valence-corrected chi connectivity index (χ1v) is 5.86. The van der Waals surface area contributed by atoms with Gasteiger partial charge in [-0.05, 0) is 6.07 Å². The van der Waals surface area contributed by atoms with E-state index in [2.05, 4.69) is 15.4 Å².